The van der Waals surface area contributed by atoms with E-state index in [4.69, 9.17) is 9.47 Å². The molecular formula is C11H10FNO2. The van der Waals surface area contributed by atoms with Gasteiger partial charge in [-0.3, -0.25) is 4.98 Å². The van der Waals surface area contributed by atoms with Gasteiger partial charge in [0.1, 0.15) is 5.82 Å². The molecule has 0 aliphatic heterocycles. The fraction of sp³-hybridized carbons (Fsp3) is 0.182. The molecule has 0 aliphatic carbocycles. The SMILES string of the molecule is COc1cc2nccc(F)c2cc1OC. The highest BCUT2D eigenvalue weighted by Crippen LogP contribution is 2.31. The molecule has 0 aliphatic rings. The zero-order valence-corrected chi connectivity index (χ0v) is 8.45. The summed E-state index contributed by atoms with van der Waals surface area (Å²) in [5.41, 5.74) is 0.549. The Hall–Kier alpha value is -1.84. The van der Waals surface area contributed by atoms with Gasteiger partial charge in [-0.1, -0.05) is 0 Å². The number of pyridine rings is 1. The third-order valence-corrected chi connectivity index (χ3v) is 2.19. The molecule has 0 fully saturated rings. The van der Waals surface area contributed by atoms with Crippen molar-refractivity contribution >= 4 is 10.9 Å². The van der Waals surface area contributed by atoms with Crippen molar-refractivity contribution < 1.29 is 13.9 Å². The first-order valence-corrected chi connectivity index (χ1v) is 4.42. The number of rotatable bonds is 2. The van der Waals surface area contributed by atoms with Gasteiger partial charge < -0.3 is 9.47 Å². The lowest BCUT2D eigenvalue weighted by molar-refractivity contribution is 0.355. The molecule has 0 saturated heterocycles. The second-order valence-corrected chi connectivity index (χ2v) is 3.02. The summed E-state index contributed by atoms with van der Waals surface area (Å²) >= 11 is 0. The Morgan fingerprint density at radius 1 is 1.13 bits per heavy atom. The van der Waals surface area contributed by atoms with Crippen LogP contribution in [0.15, 0.2) is 24.4 Å². The number of methoxy groups -OCH3 is 2. The van der Waals surface area contributed by atoms with Crippen LogP contribution in [-0.2, 0) is 0 Å². The van der Waals surface area contributed by atoms with Crippen LogP contribution in [0.5, 0.6) is 11.5 Å². The van der Waals surface area contributed by atoms with E-state index in [1.165, 1.54) is 26.5 Å². The predicted molar refractivity (Wildman–Crippen MR) is 54.8 cm³/mol. The van der Waals surface area contributed by atoms with Gasteiger partial charge in [0.25, 0.3) is 0 Å². The lowest BCUT2D eigenvalue weighted by atomic mass is 10.2. The van der Waals surface area contributed by atoms with Crippen LogP contribution in [-0.4, -0.2) is 19.2 Å². The van der Waals surface area contributed by atoms with E-state index >= 15 is 0 Å². The monoisotopic (exact) mass is 207 g/mol. The highest BCUT2D eigenvalue weighted by molar-refractivity contribution is 5.83. The van der Waals surface area contributed by atoms with Crippen LogP contribution < -0.4 is 9.47 Å². The van der Waals surface area contributed by atoms with Gasteiger partial charge in [-0.25, -0.2) is 4.39 Å². The molecular weight excluding hydrogens is 197 g/mol. The van der Waals surface area contributed by atoms with E-state index in [0.29, 0.717) is 22.4 Å². The van der Waals surface area contributed by atoms with Gasteiger partial charge in [-0.2, -0.15) is 0 Å². The van der Waals surface area contributed by atoms with E-state index < -0.39 is 0 Å². The molecule has 15 heavy (non-hydrogen) atoms. The Morgan fingerprint density at radius 3 is 2.47 bits per heavy atom. The molecule has 0 saturated carbocycles. The summed E-state index contributed by atoms with van der Waals surface area (Å²) in [7, 11) is 3.04. The zero-order chi connectivity index (χ0) is 10.8. The molecule has 0 unspecified atom stereocenters. The van der Waals surface area contributed by atoms with Crippen LogP contribution in [0.1, 0.15) is 0 Å². The Labute approximate surface area is 86.5 Å². The number of aromatic nitrogens is 1. The summed E-state index contributed by atoms with van der Waals surface area (Å²) < 4.78 is 23.6. The molecule has 1 aromatic heterocycles. The van der Waals surface area contributed by atoms with Gasteiger partial charge in [0.2, 0.25) is 0 Å². The van der Waals surface area contributed by atoms with Crippen molar-refractivity contribution in [3.8, 4) is 11.5 Å². The lowest BCUT2D eigenvalue weighted by Gasteiger charge is -2.08. The van der Waals surface area contributed by atoms with E-state index in [1.807, 2.05) is 0 Å². The molecule has 4 heteroatoms. The predicted octanol–water partition coefficient (Wildman–Crippen LogP) is 2.39. The zero-order valence-electron chi connectivity index (χ0n) is 8.45. The van der Waals surface area contributed by atoms with Crippen LogP contribution in [0.2, 0.25) is 0 Å². The molecule has 0 spiro atoms. The number of ether oxygens (including phenoxy) is 2. The molecule has 0 bridgehead atoms. The standard InChI is InChI=1S/C11H10FNO2/c1-14-10-5-7-8(12)3-4-13-9(7)6-11(10)15-2/h3-6H,1-2H3. The Morgan fingerprint density at radius 2 is 1.80 bits per heavy atom. The minimum absolute atomic E-state index is 0.319. The molecule has 0 radical (unpaired) electrons. The molecule has 1 aromatic carbocycles. The number of benzene rings is 1. The maximum Gasteiger partial charge on any atom is 0.162 e. The van der Waals surface area contributed by atoms with Gasteiger partial charge >= 0.3 is 0 Å². The van der Waals surface area contributed by atoms with E-state index in [-0.39, 0.29) is 5.82 Å². The second kappa shape index (κ2) is 3.73. The summed E-state index contributed by atoms with van der Waals surface area (Å²) in [6.45, 7) is 0. The van der Waals surface area contributed by atoms with Crippen LogP contribution in [0, 0.1) is 5.82 Å². The van der Waals surface area contributed by atoms with Crippen molar-refractivity contribution in [2.75, 3.05) is 14.2 Å². The van der Waals surface area contributed by atoms with Gasteiger partial charge in [0.15, 0.2) is 11.5 Å². The molecule has 0 atom stereocenters. The van der Waals surface area contributed by atoms with Crippen LogP contribution in [0.25, 0.3) is 10.9 Å². The number of hydrogen-bond donors (Lipinski definition) is 0. The fourth-order valence-electron chi connectivity index (χ4n) is 1.44. The minimum atomic E-state index is -0.319. The van der Waals surface area contributed by atoms with E-state index in [0.717, 1.165) is 0 Å². The third kappa shape index (κ3) is 1.58. The van der Waals surface area contributed by atoms with Crippen LogP contribution >= 0.6 is 0 Å². The number of nitrogens with zero attached hydrogens (tertiary/aromatic N) is 1. The average Bonchev–Trinajstić information content (AvgIpc) is 2.28. The topological polar surface area (TPSA) is 31.4 Å². The summed E-state index contributed by atoms with van der Waals surface area (Å²) in [6, 6.07) is 4.54. The first-order chi connectivity index (χ1) is 7.26. The first-order valence-electron chi connectivity index (χ1n) is 4.42. The summed E-state index contributed by atoms with van der Waals surface area (Å²) in [5.74, 6) is 0.723. The van der Waals surface area contributed by atoms with Crippen molar-refractivity contribution in [1.82, 2.24) is 4.98 Å². The summed E-state index contributed by atoms with van der Waals surface area (Å²) in [4.78, 5) is 4.05. The van der Waals surface area contributed by atoms with Crippen molar-refractivity contribution in [2.45, 2.75) is 0 Å². The van der Waals surface area contributed by atoms with Gasteiger partial charge in [-0.15, -0.1) is 0 Å². The maximum atomic E-state index is 13.4. The van der Waals surface area contributed by atoms with Crippen LogP contribution in [0.4, 0.5) is 4.39 Å². The van der Waals surface area contributed by atoms with Crippen LogP contribution in [0.3, 0.4) is 0 Å². The molecule has 1 heterocycles. The number of fused-ring (bicyclic) bond motifs is 1. The Kier molecular flexibility index (Phi) is 2.41. The average molecular weight is 207 g/mol. The maximum absolute atomic E-state index is 13.4. The molecule has 3 nitrogen and oxygen atoms in total. The molecule has 78 valence electrons. The quantitative estimate of drug-likeness (QED) is 0.757. The summed E-state index contributed by atoms with van der Waals surface area (Å²) in [5, 5.41) is 0.426. The molecule has 2 rings (SSSR count). The lowest BCUT2D eigenvalue weighted by Crippen LogP contribution is -1.92. The van der Waals surface area contributed by atoms with Gasteiger partial charge in [-0.05, 0) is 12.1 Å². The van der Waals surface area contributed by atoms with Crippen molar-refractivity contribution in [2.24, 2.45) is 0 Å². The Bertz CT molecular complexity index is 499. The highest BCUT2D eigenvalue weighted by Gasteiger charge is 2.08. The Balaban J connectivity index is 2.75. The van der Waals surface area contributed by atoms with E-state index in [9.17, 15) is 4.39 Å². The second-order valence-electron chi connectivity index (χ2n) is 3.02. The van der Waals surface area contributed by atoms with E-state index in [2.05, 4.69) is 4.98 Å². The smallest absolute Gasteiger partial charge is 0.162 e. The summed E-state index contributed by atoms with van der Waals surface area (Å²) in [6.07, 6.45) is 1.42. The third-order valence-electron chi connectivity index (χ3n) is 2.19. The fourth-order valence-corrected chi connectivity index (χ4v) is 1.44. The highest BCUT2D eigenvalue weighted by atomic mass is 19.1. The van der Waals surface area contributed by atoms with Crippen molar-refractivity contribution in [1.29, 1.82) is 0 Å². The molecule has 2 aromatic rings. The molecule has 0 N–H and O–H groups in total. The minimum Gasteiger partial charge on any atom is -0.493 e. The number of halogens is 1. The van der Waals surface area contributed by atoms with Crippen molar-refractivity contribution in [3.63, 3.8) is 0 Å². The van der Waals surface area contributed by atoms with Gasteiger partial charge in [0, 0.05) is 17.6 Å². The number of hydrogen-bond acceptors (Lipinski definition) is 3. The molecule has 0 amide bonds. The van der Waals surface area contributed by atoms with Gasteiger partial charge in [0.05, 0.1) is 19.7 Å². The largest absolute Gasteiger partial charge is 0.493 e. The first kappa shape index (κ1) is 9.71. The van der Waals surface area contributed by atoms with Crippen molar-refractivity contribution in [3.05, 3.63) is 30.2 Å². The van der Waals surface area contributed by atoms with E-state index in [1.54, 1.807) is 12.1 Å². The normalized spacial score (nSPS) is 10.3.